The van der Waals surface area contributed by atoms with E-state index in [-0.39, 0.29) is 0 Å². The lowest BCUT2D eigenvalue weighted by atomic mass is 10.1. The van der Waals surface area contributed by atoms with Gasteiger partial charge in [0.2, 0.25) is 0 Å². The van der Waals surface area contributed by atoms with Gasteiger partial charge in [0.15, 0.2) is 11.5 Å². The molecule has 1 fully saturated rings. The van der Waals surface area contributed by atoms with E-state index in [4.69, 9.17) is 9.47 Å². The molecule has 0 heterocycles. The number of ether oxygens (including phenoxy) is 2. The topological polar surface area (TPSA) is 30.5 Å². The van der Waals surface area contributed by atoms with Gasteiger partial charge in [0, 0.05) is 22.3 Å². The number of hydrogen-bond donors (Lipinski definition) is 1. The Morgan fingerprint density at radius 2 is 1.95 bits per heavy atom. The van der Waals surface area contributed by atoms with Crippen molar-refractivity contribution in [3.8, 4) is 11.5 Å². The number of methoxy groups -OCH3 is 2. The molecule has 0 saturated heterocycles. The molecule has 0 bridgehead atoms. The van der Waals surface area contributed by atoms with Gasteiger partial charge < -0.3 is 14.8 Å². The third-order valence-corrected chi connectivity index (χ3v) is 6.00. The van der Waals surface area contributed by atoms with Gasteiger partial charge in [-0.2, -0.15) is 11.8 Å². The third-order valence-electron chi connectivity index (χ3n) is 3.94. The molecular formula is C16H24BrNO2S. The summed E-state index contributed by atoms with van der Waals surface area (Å²) >= 11 is 5.71. The lowest BCUT2D eigenvalue weighted by molar-refractivity contribution is 0.354. The summed E-state index contributed by atoms with van der Waals surface area (Å²) in [6, 6.07) is 4.64. The largest absolute Gasteiger partial charge is 0.493 e. The number of halogens is 1. The molecule has 1 aromatic rings. The van der Waals surface area contributed by atoms with Crippen LogP contribution in [0.3, 0.4) is 0 Å². The van der Waals surface area contributed by atoms with Gasteiger partial charge in [-0.05, 0) is 36.3 Å². The average Bonchev–Trinajstić information content (AvgIpc) is 2.93. The Morgan fingerprint density at radius 3 is 2.62 bits per heavy atom. The van der Waals surface area contributed by atoms with Gasteiger partial charge in [-0.1, -0.05) is 29.3 Å². The molecule has 1 aliphatic carbocycles. The first-order valence-corrected chi connectivity index (χ1v) is 9.29. The minimum atomic E-state index is 0.620. The van der Waals surface area contributed by atoms with Crippen LogP contribution in [0.2, 0.25) is 0 Å². The maximum Gasteiger partial charge on any atom is 0.161 e. The van der Waals surface area contributed by atoms with Gasteiger partial charge >= 0.3 is 0 Å². The first-order chi connectivity index (χ1) is 10.2. The van der Waals surface area contributed by atoms with E-state index in [1.807, 2.05) is 12.1 Å². The summed E-state index contributed by atoms with van der Waals surface area (Å²) in [6.45, 7) is 3.09. The van der Waals surface area contributed by atoms with Crippen LogP contribution in [0.25, 0.3) is 0 Å². The standard InChI is InChI=1S/C16H24BrNO2S/c1-4-21-16-7-5-6-13(16)18-10-11-8-14(19-2)15(20-3)9-12(11)17/h8-9,13,16,18H,4-7,10H2,1-3H3. The quantitative estimate of drug-likeness (QED) is 0.774. The highest BCUT2D eigenvalue weighted by Gasteiger charge is 2.26. The summed E-state index contributed by atoms with van der Waals surface area (Å²) in [6.07, 6.45) is 3.95. The highest BCUT2D eigenvalue weighted by molar-refractivity contribution is 9.10. The maximum absolute atomic E-state index is 5.39. The van der Waals surface area contributed by atoms with Crippen molar-refractivity contribution >= 4 is 27.7 Å². The van der Waals surface area contributed by atoms with Crippen LogP contribution in [0.4, 0.5) is 0 Å². The number of rotatable bonds is 7. The predicted octanol–water partition coefficient (Wildman–Crippen LogP) is 4.23. The summed E-state index contributed by atoms with van der Waals surface area (Å²) in [5.41, 5.74) is 1.21. The molecule has 0 spiro atoms. The molecule has 2 rings (SSSR count). The summed E-state index contributed by atoms with van der Waals surface area (Å²) in [5.74, 6) is 2.74. The van der Waals surface area contributed by atoms with Gasteiger partial charge in [-0.25, -0.2) is 0 Å². The van der Waals surface area contributed by atoms with E-state index >= 15 is 0 Å². The predicted molar refractivity (Wildman–Crippen MR) is 93.6 cm³/mol. The molecule has 1 N–H and O–H groups in total. The van der Waals surface area contributed by atoms with Gasteiger partial charge in [0.1, 0.15) is 0 Å². The van der Waals surface area contributed by atoms with E-state index in [1.165, 1.54) is 30.6 Å². The Balaban J connectivity index is 2.02. The zero-order valence-corrected chi connectivity index (χ0v) is 15.4. The fraction of sp³-hybridized carbons (Fsp3) is 0.625. The normalized spacial score (nSPS) is 21.5. The molecule has 0 aromatic heterocycles. The number of thioether (sulfide) groups is 1. The molecule has 1 aliphatic rings. The van der Waals surface area contributed by atoms with Crippen LogP contribution in [0.15, 0.2) is 16.6 Å². The van der Waals surface area contributed by atoms with Crippen LogP contribution in [0.1, 0.15) is 31.7 Å². The maximum atomic E-state index is 5.39. The Hall–Kier alpha value is -0.390. The molecule has 2 atom stereocenters. The Morgan fingerprint density at radius 1 is 1.24 bits per heavy atom. The van der Waals surface area contributed by atoms with E-state index < -0.39 is 0 Å². The van der Waals surface area contributed by atoms with E-state index in [0.717, 1.165) is 27.8 Å². The van der Waals surface area contributed by atoms with E-state index in [9.17, 15) is 0 Å². The van der Waals surface area contributed by atoms with E-state index in [1.54, 1.807) is 14.2 Å². The molecule has 3 nitrogen and oxygen atoms in total. The Kier molecular flexibility index (Phi) is 6.71. The lowest BCUT2D eigenvalue weighted by Crippen LogP contribution is -2.33. The average molecular weight is 374 g/mol. The van der Waals surface area contributed by atoms with Crippen LogP contribution in [0.5, 0.6) is 11.5 Å². The van der Waals surface area contributed by atoms with Crippen LogP contribution < -0.4 is 14.8 Å². The first kappa shape index (κ1) is 17.0. The van der Waals surface area contributed by atoms with Gasteiger partial charge in [-0.15, -0.1) is 0 Å². The van der Waals surface area contributed by atoms with Crippen molar-refractivity contribution in [3.63, 3.8) is 0 Å². The second kappa shape index (κ2) is 8.30. The smallest absolute Gasteiger partial charge is 0.161 e. The monoisotopic (exact) mass is 373 g/mol. The zero-order chi connectivity index (χ0) is 15.2. The van der Waals surface area contributed by atoms with Gasteiger partial charge in [-0.3, -0.25) is 0 Å². The number of benzene rings is 1. The van der Waals surface area contributed by atoms with Gasteiger partial charge in [0.05, 0.1) is 14.2 Å². The second-order valence-electron chi connectivity index (χ2n) is 5.21. The van der Waals surface area contributed by atoms with Crippen molar-refractivity contribution in [1.82, 2.24) is 5.32 Å². The summed E-state index contributed by atoms with van der Waals surface area (Å²) in [7, 11) is 3.33. The number of hydrogen-bond acceptors (Lipinski definition) is 4. The highest BCUT2D eigenvalue weighted by Crippen LogP contribution is 2.34. The van der Waals surface area contributed by atoms with Crippen molar-refractivity contribution in [2.24, 2.45) is 0 Å². The lowest BCUT2D eigenvalue weighted by Gasteiger charge is -2.21. The van der Waals surface area contributed by atoms with Crippen LogP contribution >= 0.6 is 27.7 Å². The zero-order valence-electron chi connectivity index (χ0n) is 12.9. The van der Waals surface area contributed by atoms with Crippen LogP contribution in [-0.4, -0.2) is 31.3 Å². The first-order valence-electron chi connectivity index (χ1n) is 7.45. The summed E-state index contributed by atoms with van der Waals surface area (Å²) in [4.78, 5) is 0. The number of nitrogens with one attached hydrogen (secondary N) is 1. The Labute approximate surface area is 140 Å². The second-order valence-corrected chi connectivity index (χ2v) is 7.58. The van der Waals surface area contributed by atoms with Crippen molar-refractivity contribution in [2.45, 2.75) is 44.0 Å². The third kappa shape index (κ3) is 4.30. The van der Waals surface area contributed by atoms with Crippen molar-refractivity contribution in [1.29, 1.82) is 0 Å². The summed E-state index contributed by atoms with van der Waals surface area (Å²) in [5, 5.41) is 4.47. The molecule has 0 amide bonds. The van der Waals surface area contributed by atoms with Crippen molar-refractivity contribution < 1.29 is 9.47 Å². The van der Waals surface area contributed by atoms with Crippen molar-refractivity contribution in [3.05, 3.63) is 22.2 Å². The molecule has 0 aliphatic heterocycles. The highest BCUT2D eigenvalue weighted by atomic mass is 79.9. The SMILES string of the molecule is CCSC1CCCC1NCc1cc(OC)c(OC)cc1Br. The van der Waals surface area contributed by atoms with Crippen LogP contribution in [0, 0.1) is 0 Å². The van der Waals surface area contributed by atoms with Crippen LogP contribution in [-0.2, 0) is 6.54 Å². The molecule has 1 aromatic carbocycles. The molecule has 5 heteroatoms. The molecule has 21 heavy (non-hydrogen) atoms. The minimum absolute atomic E-state index is 0.620. The fourth-order valence-corrected chi connectivity index (χ4v) is 4.53. The van der Waals surface area contributed by atoms with Gasteiger partial charge in [0.25, 0.3) is 0 Å². The van der Waals surface area contributed by atoms with E-state index in [0.29, 0.717) is 6.04 Å². The summed E-state index contributed by atoms with van der Waals surface area (Å²) < 4.78 is 11.8. The van der Waals surface area contributed by atoms with E-state index in [2.05, 4.69) is 39.9 Å². The Bertz CT molecular complexity index is 470. The van der Waals surface area contributed by atoms with Crippen molar-refractivity contribution in [2.75, 3.05) is 20.0 Å². The molecule has 118 valence electrons. The molecular weight excluding hydrogens is 350 g/mol. The molecule has 1 saturated carbocycles. The fourth-order valence-electron chi connectivity index (χ4n) is 2.85. The molecule has 2 unspecified atom stereocenters. The molecule has 0 radical (unpaired) electrons. The minimum Gasteiger partial charge on any atom is -0.493 e.